The molecule has 1 atom stereocenters. The maximum Gasteiger partial charge on any atom is 0.323 e. The number of aryl methyl sites for hydroxylation is 1. The SMILES string of the molecule is CCCOc1ccc2c(c1)C(CCn1ccnc1)CN2CC(=O)O. The van der Waals surface area contributed by atoms with E-state index in [1.165, 1.54) is 5.56 Å². The van der Waals surface area contributed by atoms with Crippen molar-refractivity contribution in [2.24, 2.45) is 0 Å². The molecule has 3 rings (SSSR count). The van der Waals surface area contributed by atoms with E-state index in [-0.39, 0.29) is 6.54 Å². The summed E-state index contributed by atoms with van der Waals surface area (Å²) >= 11 is 0. The first-order chi connectivity index (χ1) is 11.7. The molecule has 128 valence electrons. The molecular weight excluding hydrogens is 306 g/mol. The minimum atomic E-state index is -0.803. The second-order valence-corrected chi connectivity index (χ2v) is 6.13. The van der Waals surface area contributed by atoms with E-state index in [2.05, 4.69) is 22.5 Å². The number of benzene rings is 1. The van der Waals surface area contributed by atoms with Crippen LogP contribution in [0.15, 0.2) is 36.9 Å². The molecule has 0 aliphatic carbocycles. The fourth-order valence-electron chi connectivity index (χ4n) is 3.20. The molecule has 0 fully saturated rings. The van der Waals surface area contributed by atoms with Crippen molar-refractivity contribution in [2.75, 3.05) is 24.6 Å². The van der Waals surface area contributed by atoms with E-state index in [1.54, 1.807) is 6.20 Å². The quantitative estimate of drug-likeness (QED) is 0.806. The Bertz CT molecular complexity index is 685. The van der Waals surface area contributed by atoms with E-state index in [0.29, 0.717) is 12.5 Å². The molecule has 1 N–H and O–H groups in total. The van der Waals surface area contributed by atoms with E-state index in [1.807, 2.05) is 29.6 Å². The highest BCUT2D eigenvalue weighted by molar-refractivity contribution is 5.76. The van der Waals surface area contributed by atoms with Crippen molar-refractivity contribution >= 4 is 11.7 Å². The summed E-state index contributed by atoms with van der Waals surface area (Å²) in [6.07, 6.45) is 7.44. The number of aromatic nitrogens is 2. The molecule has 2 aromatic rings. The number of aliphatic carboxylic acids is 1. The first-order valence-electron chi connectivity index (χ1n) is 8.36. The van der Waals surface area contributed by atoms with E-state index >= 15 is 0 Å². The number of nitrogens with zero attached hydrogens (tertiary/aromatic N) is 3. The van der Waals surface area contributed by atoms with Crippen LogP contribution in [0.2, 0.25) is 0 Å². The zero-order valence-electron chi connectivity index (χ0n) is 13.9. The molecule has 0 amide bonds. The lowest BCUT2D eigenvalue weighted by Crippen LogP contribution is -2.28. The number of carboxylic acid groups (broad SMARTS) is 1. The minimum Gasteiger partial charge on any atom is -0.494 e. The Morgan fingerprint density at radius 1 is 1.46 bits per heavy atom. The van der Waals surface area contributed by atoms with Gasteiger partial charge in [-0.25, -0.2) is 4.98 Å². The van der Waals surface area contributed by atoms with Crippen molar-refractivity contribution in [1.82, 2.24) is 9.55 Å². The molecule has 1 aromatic carbocycles. The topological polar surface area (TPSA) is 67.6 Å². The molecule has 1 aliphatic rings. The molecule has 1 unspecified atom stereocenters. The van der Waals surface area contributed by atoms with Crippen molar-refractivity contribution in [1.29, 1.82) is 0 Å². The second kappa shape index (κ2) is 7.38. The van der Waals surface area contributed by atoms with Crippen LogP contribution in [-0.4, -0.2) is 40.3 Å². The Hall–Kier alpha value is -2.50. The molecular formula is C18H23N3O3. The number of imidazole rings is 1. The van der Waals surface area contributed by atoms with Crippen LogP contribution in [0.5, 0.6) is 5.75 Å². The molecule has 6 heteroatoms. The molecule has 2 heterocycles. The van der Waals surface area contributed by atoms with Crippen LogP contribution in [0.1, 0.15) is 31.2 Å². The van der Waals surface area contributed by atoms with Gasteiger partial charge in [0.05, 0.1) is 12.9 Å². The molecule has 0 bridgehead atoms. The second-order valence-electron chi connectivity index (χ2n) is 6.13. The van der Waals surface area contributed by atoms with Gasteiger partial charge in [0, 0.05) is 37.1 Å². The van der Waals surface area contributed by atoms with Crippen LogP contribution in [0, 0.1) is 0 Å². The lowest BCUT2D eigenvalue weighted by Gasteiger charge is -2.17. The maximum absolute atomic E-state index is 11.1. The van der Waals surface area contributed by atoms with E-state index in [4.69, 9.17) is 9.84 Å². The third-order valence-electron chi connectivity index (χ3n) is 4.31. The number of hydrogen-bond donors (Lipinski definition) is 1. The van der Waals surface area contributed by atoms with Gasteiger partial charge >= 0.3 is 5.97 Å². The molecule has 0 saturated carbocycles. The predicted octanol–water partition coefficient (Wildman–Crippen LogP) is 2.75. The van der Waals surface area contributed by atoms with Gasteiger partial charge in [-0.05, 0) is 36.6 Å². The highest BCUT2D eigenvalue weighted by Crippen LogP contribution is 2.40. The summed E-state index contributed by atoms with van der Waals surface area (Å²) in [7, 11) is 0. The van der Waals surface area contributed by atoms with Gasteiger partial charge in [0.1, 0.15) is 12.3 Å². The zero-order valence-corrected chi connectivity index (χ0v) is 13.9. The van der Waals surface area contributed by atoms with Crippen LogP contribution in [0.25, 0.3) is 0 Å². The number of hydrogen-bond acceptors (Lipinski definition) is 4. The number of ether oxygens (including phenoxy) is 1. The Balaban J connectivity index is 1.78. The molecule has 24 heavy (non-hydrogen) atoms. The van der Waals surface area contributed by atoms with Gasteiger partial charge in [0.15, 0.2) is 0 Å². The van der Waals surface area contributed by atoms with Gasteiger partial charge in [0.2, 0.25) is 0 Å². The average Bonchev–Trinajstić information content (AvgIpc) is 3.19. The van der Waals surface area contributed by atoms with Crippen LogP contribution in [0.4, 0.5) is 5.69 Å². The number of rotatable bonds is 8. The van der Waals surface area contributed by atoms with Crippen LogP contribution < -0.4 is 9.64 Å². The fraction of sp³-hybridized carbons (Fsp3) is 0.444. The smallest absolute Gasteiger partial charge is 0.323 e. The predicted molar refractivity (Wildman–Crippen MR) is 91.7 cm³/mol. The van der Waals surface area contributed by atoms with E-state index in [0.717, 1.165) is 37.4 Å². The minimum absolute atomic E-state index is 0.0315. The van der Waals surface area contributed by atoms with Crippen molar-refractivity contribution in [3.63, 3.8) is 0 Å². The van der Waals surface area contributed by atoms with Crippen molar-refractivity contribution in [3.8, 4) is 5.75 Å². The lowest BCUT2D eigenvalue weighted by molar-refractivity contribution is -0.135. The fourth-order valence-corrected chi connectivity index (χ4v) is 3.20. The standard InChI is InChI=1S/C18H23N3O3/c1-2-9-24-15-3-4-17-16(10-15)14(11-21(17)12-18(22)23)5-7-20-8-6-19-13-20/h3-4,6,8,10,13-14H,2,5,7,9,11-12H2,1H3,(H,22,23). The van der Waals surface area contributed by atoms with Gasteiger partial charge in [-0.15, -0.1) is 0 Å². The monoisotopic (exact) mass is 329 g/mol. The number of fused-ring (bicyclic) bond motifs is 1. The normalized spacial score (nSPS) is 16.2. The van der Waals surface area contributed by atoms with Crippen molar-refractivity contribution in [3.05, 3.63) is 42.5 Å². The Morgan fingerprint density at radius 3 is 3.04 bits per heavy atom. The molecule has 1 aliphatic heterocycles. The summed E-state index contributed by atoms with van der Waals surface area (Å²) in [5, 5.41) is 9.16. The largest absolute Gasteiger partial charge is 0.494 e. The molecule has 0 saturated heterocycles. The summed E-state index contributed by atoms with van der Waals surface area (Å²) in [5.41, 5.74) is 2.20. The summed E-state index contributed by atoms with van der Waals surface area (Å²) in [6.45, 7) is 4.40. The lowest BCUT2D eigenvalue weighted by atomic mass is 9.97. The number of anilines is 1. The maximum atomic E-state index is 11.1. The zero-order chi connectivity index (χ0) is 16.9. The average molecular weight is 329 g/mol. The summed E-state index contributed by atoms with van der Waals surface area (Å²) in [5.74, 6) is 0.356. The van der Waals surface area contributed by atoms with Crippen molar-refractivity contribution in [2.45, 2.75) is 32.2 Å². The Kier molecular flexibility index (Phi) is 5.03. The number of carboxylic acids is 1. The third kappa shape index (κ3) is 3.69. The highest BCUT2D eigenvalue weighted by atomic mass is 16.5. The first-order valence-corrected chi connectivity index (χ1v) is 8.36. The molecule has 6 nitrogen and oxygen atoms in total. The van der Waals surface area contributed by atoms with Crippen molar-refractivity contribution < 1.29 is 14.6 Å². The summed E-state index contributed by atoms with van der Waals surface area (Å²) in [4.78, 5) is 17.2. The summed E-state index contributed by atoms with van der Waals surface area (Å²) in [6, 6.07) is 5.99. The Labute approximate surface area is 141 Å². The molecule has 0 spiro atoms. The molecule has 0 radical (unpaired) electrons. The highest BCUT2D eigenvalue weighted by Gasteiger charge is 2.30. The van der Waals surface area contributed by atoms with Gasteiger partial charge < -0.3 is 19.3 Å². The third-order valence-corrected chi connectivity index (χ3v) is 4.31. The van der Waals surface area contributed by atoms with Crippen LogP contribution >= 0.6 is 0 Å². The van der Waals surface area contributed by atoms with Gasteiger partial charge in [-0.2, -0.15) is 0 Å². The van der Waals surface area contributed by atoms with Gasteiger partial charge in [0.25, 0.3) is 0 Å². The Morgan fingerprint density at radius 2 is 2.33 bits per heavy atom. The van der Waals surface area contributed by atoms with E-state index < -0.39 is 5.97 Å². The molecule has 1 aromatic heterocycles. The summed E-state index contributed by atoms with van der Waals surface area (Å²) < 4.78 is 7.80. The van der Waals surface area contributed by atoms with Gasteiger partial charge in [-0.3, -0.25) is 4.79 Å². The number of carbonyl (C=O) groups is 1. The van der Waals surface area contributed by atoms with Crippen LogP contribution in [-0.2, 0) is 11.3 Å². The van der Waals surface area contributed by atoms with Crippen LogP contribution in [0.3, 0.4) is 0 Å². The van der Waals surface area contributed by atoms with Gasteiger partial charge in [-0.1, -0.05) is 6.92 Å². The first kappa shape index (κ1) is 16.4. The van der Waals surface area contributed by atoms with E-state index in [9.17, 15) is 4.79 Å².